The van der Waals surface area contributed by atoms with E-state index in [4.69, 9.17) is 30.5 Å². The minimum atomic E-state index is -0.435. The fraction of sp³-hybridized carbons (Fsp3) is 0.222. The first kappa shape index (κ1) is 27.3. The molecule has 0 heterocycles. The summed E-state index contributed by atoms with van der Waals surface area (Å²) in [6, 6.07) is 15.5. The van der Waals surface area contributed by atoms with Crippen molar-refractivity contribution in [3.63, 3.8) is 0 Å². The zero-order valence-corrected chi connectivity index (χ0v) is 21.7. The molecule has 0 bridgehead atoms. The normalized spacial score (nSPS) is 10.6. The van der Waals surface area contributed by atoms with Crippen molar-refractivity contribution < 1.29 is 28.5 Å². The van der Waals surface area contributed by atoms with Gasteiger partial charge in [-0.3, -0.25) is 9.59 Å². The summed E-state index contributed by atoms with van der Waals surface area (Å²) in [6.07, 6.45) is 1.41. The van der Waals surface area contributed by atoms with Gasteiger partial charge in [-0.05, 0) is 67.4 Å². The molecule has 3 aromatic carbocycles. The molecule has 0 aliphatic rings. The van der Waals surface area contributed by atoms with E-state index < -0.39 is 5.91 Å². The molecule has 0 atom stereocenters. The van der Waals surface area contributed by atoms with Crippen molar-refractivity contribution in [2.45, 2.75) is 13.8 Å². The Morgan fingerprint density at radius 3 is 2.46 bits per heavy atom. The van der Waals surface area contributed by atoms with E-state index >= 15 is 0 Å². The van der Waals surface area contributed by atoms with E-state index in [1.807, 2.05) is 32.0 Å². The predicted octanol–water partition coefficient (Wildman–Crippen LogP) is 4.85. The van der Waals surface area contributed by atoms with Crippen LogP contribution in [-0.4, -0.2) is 45.5 Å². The largest absolute Gasteiger partial charge is 0.493 e. The van der Waals surface area contributed by atoms with Crippen molar-refractivity contribution in [1.82, 2.24) is 5.43 Å². The zero-order valence-electron chi connectivity index (χ0n) is 21.0. The number of aryl methyl sites for hydroxylation is 1. The molecular formula is C27H28ClN3O6. The highest BCUT2D eigenvalue weighted by Gasteiger charge is 2.14. The number of carbonyl (C=O) groups is 2. The molecule has 0 saturated heterocycles. The van der Waals surface area contributed by atoms with Crippen molar-refractivity contribution in [1.29, 1.82) is 0 Å². The lowest BCUT2D eigenvalue weighted by Gasteiger charge is -2.13. The van der Waals surface area contributed by atoms with E-state index in [0.717, 1.165) is 5.56 Å². The van der Waals surface area contributed by atoms with Crippen LogP contribution < -0.4 is 29.7 Å². The van der Waals surface area contributed by atoms with Gasteiger partial charge >= 0.3 is 0 Å². The molecule has 0 aliphatic heterocycles. The molecule has 10 heteroatoms. The minimum Gasteiger partial charge on any atom is -0.493 e. The third-order valence-electron chi connectivity index (χ3n) is 5.01. The van der Waals surface area contributed by atoms with Gasteiger partial charge in [-0.1, -0.05) is 23.7 Å². The fourth-order valence-corrected chi connectivity index (χ4v) is 3.60. The fourth-order valence-electron chi connectivity index (χ4n) is 3.33. The second kappa shape index (κ2) is 13.2. The number of nitrogens with zero attached hydrogens (tertiary/aromatic N) is 1. The number of halogens is 1. The van der Waals surface area contributed by atoms with Crippen LogP contribution in [0.1, 0.15) is 28.4 Å². The lowest BCUT2D eigenvalue weighted by Crippen LogP contribution is -2.20. The van der Waals surface area contributed by atoms with Crippen molar-refractivity contribution in [2.24, 2.45) is 5.10 Å². The highest BCUT2D eigenvalue weighted by Crippen LogP contribution is 2.36. The van der Waals surface area contributed by atoms with Crippen LogP contribution in [0.3, 0.4) is 0 Å². The molecule has 0 radical (unpaired) electrons. The maximum Gasteiger partial charge on any atom is 0.271 e. The van der Waals surface area contributed by atoms with E-state index in [2.05, 4.69) is 15.8 Å². The molecule has 194 valence electrons. The average molecular weight is 526 g/mol. The van der Waals surface area contributed by atoms with Crippen LogP contribution in [0.2, 0.25) is 5.02 Å². The third kappa shape index (κ3) is 7.62. The van der Waals surface area contributed by atoms with Crippen molar-refractivity contribution in [3.8, 4) is 23.0 Å². The summed E-state index contributed by atoms with van der Waals surface area (Å²) in [7, 11) is 2.95. The Bertz CT molecular complexity index is 1300. The Balaban J connectivity index is 1.63. The average Bonchev–Trinajstić information content (AvgIpc) is 2.88. The van der Waals surface area contributed by atoms with Crippen LogP contribution in [-0.2, 0) is 4.79 Å². The van der Waals surface area contributed by atoms with Crippen LogP contribution in [0.4, 0.5) is 5.69 Å². The first-order valence-electron chi connectivity index (χ1n) is 11.4. The summed E-state index contributed by atoms with van der Waals surface area (Å²) in [5.41, 5.74) is 5.04. The summed E-state index contributed by atoms with van der Waals surface area (Å²) in [6.45, 7) is 4.00. The maximum absolute atomic E-state index is 12.5. The van der Waals surface area contributed by atoms with E-state index in [1.54, 1.807) is 36.4 Å². The molecule has 0 unspecified atom stereocenters. The smallest absolute Gasteiger partial charge is 0.271 e. The Morgan fingerprint density at radius 1 is 0.973 bits per heavy atom. The molecule has 0 fully saturated rings. The Kier molecular flexibility index (Phi) is 9.74. The number of ether oxygens (including phenoxy) is 4. The molecule has 2 N–H and O–H groups in total. The van der Waals surface area contributed by atoms with Crippen LogP contribution in [0.15, 0.2) is 59.7 Å². The summed E-state index contributed by atoms with van der Waals surface area (Å²) in [5.74, 6) is 0.726. The zero-order chi connectivity index (χ0) is 26.8. The van der Waals surface area contributed by atoms with Gasteiger partial charge in [0.2, 0.25) is 0 Å². The van der Waals surface area contributed by atoms with Crippen molar-refractivity contribution in [3.05, 3.63) is 76.3 Å². The molecule has 0 aliphatic carbocycles. The standard InChI is InChI=1S/C27H28ClN3O6/c1-5-36-22-10-9-19(14-23(22)34-3)27(33)31-29-15-18-12-21(28)26(24(13-18)35-4)37-16-25(32)30-20-8-6-7-17(2)11-20/h6-15H,5,16H2,1-4H3,(H,30,32)(H,31,33)/b29-15+. The summed E-state index contributed by atoms with van der Waals surface area (Å²) in [5, 5.41) is 6.97. The monoisotopic (exact) mass is 525 g/mol. The third-order valence-corrected chi connectivity index (χ3v) is 5.29. The second-order valence-electron chi connectivity index (χ2n) is 7.74. The van der Waals surface area contributed by atoms with Crippen LogP contribution in [0.5, 0.6) is 23.0 Å². The Morgan fingerprint density at radius 2 is 1.76 bits per heavy atom. The number of hydrazone groups is 1. The van der Waals surface area contributed by atoms with Gasteiger partial charge in [0.05, 0.1) is 32.1 Å². The molecular weight excluding hydrogens is 498 g/mol. The number of amides is 2. The number of methoxy groups -OCH3 is 2. The van der Waals surface area contributed by atoms with Gasteiger partial charge in [0.1, 0.15) is 0 Å². The topological polar surface area (TPSA) is 107 Å². The molecule has 3 rings (SSSR count). The highest BCUT2D eigenvalue weighted by molar-refractivity contribution is 6.32. The van der Waals surface area contributed by atoms with Crippen molar-refractivity contribution >= 4 is 35.3 Å². The molecule has 2 amide bonds. The Labute approximate surface area is 220 Å². The number of anilines is 1. The van der Waals surface area contributed by atoms with Crippen LogP contribution in [0, 0.1) is 6.92 Å². The number of hydrogen-bond donors (Lipinski definition) is 2. The lowest BCUT2D eigenvalue weighted by atomic mass is 10.2. The first-order valence-corrected chi connectivity index (χ1v) is 11.7. The summed E-state index contributed by atoms with van der Waals surface area (Å²) in [4.78, 5) is 24.8. The second-order valence-corrected chi connectivity index (χ2v) is 8.15. The Hall–Kier alpha value is -4.24. The van der Waals surface area contributed by atoms with Gasteiger partial charge in [-0.15, -0.1) is 0 Å². The van der Waals surface area contributed by atoms with E-state index in [9.17, 15) is 9.59 Å². The van der Waals surface area contributed by atoms with Crippen LogP contribution >= 0.6 is 11.6 Å². The molecule has 37 heavy (non-hydrogen) atoms. The summed E-state index contributed by atoms with van der Waals surface area (Å²) >= 11 is 6.38. The molecule has 0 aromatic heterocycles. The highest BCUT2D eigenvalue weighted by atomic mass is 35.5. The van der Waals surface area contributed by atoms with E-state index in [0.29, 0.717) is 40.7 Å². The number of rotatable bonds is 11. The molecule has 3 aromatic rings. The van der Waals surface area contributed by atoms with Crippen molar-refractivity contribution in [2.75, 3.05) is 32.8 Å². The summed E-state index contributed by atoms with van der Waals surface area (Å²) < 4.78 is 21.7. The van der Waals surface area contributed by atoms with Crippen LogP contribution in [0.25, 0.3) is 0 Å². The van der Waals surface area contributed by atoms with E-state index in [1.165, 1.54) is 20.4 Å². The lowest BCUT2D eigenvalue weighted by molar-refractivity contribution is -0.118. The quantitative estimate of drug-likeness (QED) is 0.274. The molecule has 9 nitrogen and oxygen atoms in total. The first-order chi connectivity index (χ1) is 17.8. The van der Waals surface area contributed by atoms with Gasteiger partial charge in [0, 0.05) is 11.3 Å². The van der Waals surface area contributed by atoms with E-state index in [-0.39, 0.29) is 23.3 Å². The number of benzene rings is 3. The SMILES string of the molecule is CCOc1ccc(C(=O)N/N=C/c2cc(Cl)c(OCC(=O)Nc3cccc(C)c3)c(OC)c2)cc1OC. The van der Waals surface area contributed by atoms with Gasteiger partial charge in [-0.2, -0.15) is 5.10 Å². The number of nitrogens with one attached hydrogen (secondary N) is 2. The maximum atomic E-state index is 12.5. The van der Waals surface area contributed by atoms with Gasteiger partial charge in [-0.25, -0.2) is 5.43 Å². The molecule has 0 saturated carbocycles. The molecule has 0 spiro atoms. The predicted molar refractivity (Wildman–Crippen MR) is 143 cm³/mol. The minimum absolute atomic E-state index is 0.214. The van der Waals surface area contributed by atoms with Gasteiger partial charge < -0.3 is 24.3 Å². The van der Waals surface area contributed by atoms with Gasteiger partial charge in [0.15, 0.2) is 29.6 Å². The number of carbonyl (C=O) groups excluding carboxylic acids is 2. The number of hydrogen-bond acceptors (Lipinski definition) is 7. The van der Waals surface area contributed by atoms with Gasteiger partial charge in [0.25, 0.3) is 11.8 Å².